The summed E-state index contributed by atoms with van der Waals surface area (Å²) >= 11 is 0. The van der Waals surface area contributed by atoms with Gasteiger partial charge in [-0.25, -0.2) is 0 Å². The Bertz CT molecular complexity index is 602. The van der Waals surface area contributed by atoms with Crippen LogP contribution in [0.4, 0.5) is 0 Å². The summed E-state index contributed by atoms with van der Waals surface area (Å²) in [6, 6.07) is 16.4. The molecule has 0 aromatic heterocycles. The SMILES string of the molecule is O=C(O)CC1Cc2ccccc2-c2ccccc21. The molecule has 0 radical (unpaired) electrons. The van der Waals surface area contributed by atoms with Gasteiger partial charge in [0.2, 0.25) is 0 Å². The van der Waals surface area contributed by atoms with Crippen molar-refractivity contribution in [3.8, 4) is 11.1 Å². The molecule has 1 aliphatic rings. The Labute approximate surface area is 106 Å². The number of rotatable bonds is 2. The summed E-state index contributed by atoms with van der Waals surface area (Å²) in [5.74, 6) is -0.636. The van der Waals surface area contributed by atoms with Crippen molar-refractivity contribution >= 4 is 5.97 Å². The average molecular weight is 238 g/mol. The molecule has 2 nitrogen and oxygen atoms in total. The van der Waals surface area contributed by atoms with Gasteiger partial charge in [-0.3, -0.25) is 4.79 Å². The molecule has 1 unspecified atom stereocenters. The van der Waals surface area contributed by atoms with Gasteiger partial charge in [0.15, 0.2) is 0 Å². The molecule has 18 heavy (non-hydrogen) atoms. The van der Waals surface area contributed by atoms with Gasteiger partial charge in [-0.15, -0.1) is 0 Å². The van der Waals surface area contributed by atoms with Crippen LogP contribution in [0.1, 0.15) is 23.5 Å². The number of fused-ring (bicyclic) bond motifs is 3. The van der Waals surface area contributed by atoms with Gasteiger partial charge in [-0.2, -0.15) is 0 Å². The highest BCUT2D eigenvalue weighted by Gasteiger charge is 2.25. The van der Waals surface area contributed by atoms with Crippen LogP contribution in [-0.2, 0) is 11.2 Å². The summed E-state index contributed by atoms with van der Waals surface area (Å²) in [6.45, 7) is 0. The number of aliphatic carboxylic acids is 1. The Hall–Kier alpha value is -2.09. The molecule has 0 fully saturated rings. The number of carbonyl (C=O) groups is 1. The number of hydrogen-bond donors (Lipinski definition) is 1. The van der Waals surface area contributed by atoms with E-state index in [1.54, 1.807) is 0 Å². The van der Waals surface area contributed by atoms with Gasteiger partial charge in [0.1, 0.15) is 0 Å². The molecule has 0 amide bonds. The lowest BCUT2D eigenvalue weighted by atomic mass is 9.77. The predicted molar refractivity (Wildman–Crippen MR) is 70.6 cm³/mol. The molecule has 0 spiro atoms. The average Bonchev–Trinajstić information content (AvgIpc) is 2.38. The normalized spacial score (nSPS) is 16.8. The number of carboxylic acid groups (broad SMARTS) is 1. The molecule has 90 valence electrons. The van der Waals surface area contributed by atoms with Crippen molar-refractivity contribution in [2.75, 3.05) is 0 Å². The Balaban J connectivity index is 2.13. The van der Waals surface area contributed by atoms with Crippen LogP contribution in [-0.4, -0.2) is 11.1 Å². The van der Waals surface area contributed by atoms with Crippen LogP contribution in [0.3, 0.4) is 0 Å². The van der Waals surface area contributed by atoms with Gasteiger partial charge >= 0.3 is 5.97 Å². The van der Waals surface area contributed by atoms with E-state index in [1.807, 2.05) is 24.3 Å². The first-order valence-corrected chi connectivity index (χ1v) is 6.14. The van der Waals surface area contributed by atoms with Gasteiger partial charge in [0.25, 0.3) is 0 Å². The fourth-order valence-electron chi connectivity index (χ4n) is 2.83. The second-order valence-corrected chi connectivity index (χ2v) is 4.74. The molecule has 2 aromatic carbocycles. The zero-order chi connectivity index (χ0) is 12.5. The van der Waals surface area contributed by atoms with E-state index in [0.29, 0.717) is 0 Å². The topological polar surface area (TPSA) is 37.3 Å². The van der Waals surface area contributed by atoms with Crippen molar-refractivity contribution in [1.82, 2.24) is 0 Å². The third-order valence-electron chi connectivity index (χ3n) is 3.60. The van der Waals surface area contributed by atoms with Crippen LogP contribution in [0, 0.1) is 0 Å². The van der Waals surface area contributed by atoms with Gasteiger partial charge < -0.3 is 5.11 Å². The molecule has 1 atom stereocenters. The van der Waals surface area contributed by atoms with Crippen LogP contribution in [0.2, 0.25) is 0 Å². The molecular weight excluding hydrogens is 224 g/mol. The van der Waals surface area contributed by atoms with Crippen LogP contribution in [0.15, 0.2) is 48.5 Å². The van der Waals surface area contributed by atoms with Crippen LogP contribution in [0.25, 0.3) is 11.1 Å². The second kappa shape index (κ2) is 4.30. The summed E-state index contributed by atoms with van der Waals surface area (Å²) in [4.78, 5) is 11.0. The minimum Gasteiger partial charge on any atom is -0.481 e. The zero-order valence-corrected chi connectivity index (χ0v) is 9.97. The highest BCUT2D eigenvalue weighted by Crippen LogP contribution is 2.40. The molecule has 2 heteroatoms. The summed E-state index contributed by atoms with van der Waals surface area (Å²) < 4.78 is 0. The van der Waals surface area contributed by atoms with Crippen molar-refractivity contribution in [2.45, 2.75) is 18.8 Å². The van der Waals surface area contributed by atoms with Gasteiger partial charge in [0, 0.05) is 0 Å². The molecule has 0 saturated heterocycles. The van der Waals surface area contributed by atoms with Crippen molar-refractivity contribution in [3.63, 3.8) is 0 Å². The van der Waals surface area contributed by atoms with E-state index in [2.05, 4.69) is 24.3 Å². The molecule has 0 bridgehead atoms. The summed E-state index contributed by atoms with van der Waals surface area (Å²) in [6.07, 6.45) is 1.02. The zero-order valence-electron chi connectivity index (χ0n) is 9.97. The molecule has 2 aromatic rings. The van der Waals surface area contributed by atoms with E-state index >= 15 is 0 Å². The largest absolute Gasteiger partial charge is 0.481 e. The first-order chi connectivity index (χ1) is 8.75. The number of hydrogen-bond acceptors (Lipinski definition) is 1. The Kier molecular flexibility index (Phi) is 2.63. The number of benzene rings is 2. The van der Waals surface area contributed by atoms with E-state index in [4.69, 9.17) is 5.11 Å². The van der Waals surface area contributed by atoms with E-state index in [1.165, 1.54) is 22.3 Å². The molecule has 0 saturated carbocycles. The molecule has 0 heterocycles. The standard InChI is InChI=1S/C16H14O2/c17-16(18)10-12-9-11-5-1-2-6-13(11)15-8-4-3-7-14(12)15/h1-8,12H,9-10H2,(H,17,18). The maximum absolute atomic E-state index is 11.0. The van der Waals surface area contributed by atoms with Crippen molar-refractivity contribution in [2.24, 2.45) is 0 Å². The smallest absolute Gasteiger partial charge is 0.303 e. The maximum atomic E-state index is 11.0. The Morgan fingerprint density at radius 1 is 1.06 bits per heavy atom. The van der Waals surface area contributed by atoms with Crippen LogP contribution >= 0.6 is 0 Å². The van der Waals surface area contributed by atoms with Gasteiger partial charge in [-0.1, -0.05) is 48.5 Å². The van der Waals surface area contributed by atoms with Crippen LogP contribution in [0.5, 0.6) is 0 Å². The third kappa shape index (κ3) is 1.80. The lowest BCUT2D eigenvalue weighted by molar-refractivity contribution is -0.137. The fourth-order valence-corrected chi connectivity index (χ4v) is 2.83. The lowest BCUT2D eigenvalue weighted by Gasteiger charge is -2.26. The van der Waals surface area contributed by atoms with Crippen molar-refractivity contribution in [1.29, 1.82) is 0 Å². The third-order valence-corrected chi connectivity index (χ3v) is 3.60. The lowest BCUT2D eigenvalue weighted by Crippen LogP contribution is -2.14. The predicted octanol–water partition coefficient (Wildman–Crippen LogP) is 3.47. The monoisotopic (exact) mass is 238 g/mol. The molecule has 1 N–H and O–H groups in total. The van der Waals surface area contributed by atoms with E-state index in [9.17, 15) is 4.79 Å². The highest BCUT2D eigenvalue weighted by molar-refractivity contribution is 5.76. The maximum Gasteiger partial charge on any atom is 0.303 e. The van der Waals surface area contributed by atoms with E-state index in [0.717, 1.165) is 6.42 Å². The van der Waals surface area contributed by atoms with E-state index in [-0.39, 0.29) is 12.3 Å². The van der Waals surface area contributed by atoms with Gasteiger partial charge in [-0.05, 0) is 34.6 Å². The van der Waals surface area contributed by atoms with Crippen molar-refractivity contribution in [3.05, 3.63) is 59.7 Å². The van der Waals surface area contributed by atoms with E-state index < -0.39 is 5.97 Å². The molecule has 0 aliphatic heterocycles. The number of carboxylic acids is 1. The summed E-state index contributed by atoms with van der Waals surface area (Å²) in [5.41, 5.74) is 4.85. The second-order valence-electron chi connectivity index (χ2n) is 4.74. The van der Waals surface area contributed by atoms with Crippen molar-refractivity contribution < 1.29 is 9.90 Å². The van der Waals surface area contributed by atoms with Crippen LogP contribution < -0.4 is 0 Å². The minimum atomic E-state index is -0.728. The summed E-state index contributed by atoms with van der Waals surface area (Å²) in [7, 11) is 0. The summed E-state index contributed by atoms with van der Waals surface area (Å²) in [5, 5.41) is 9.04. The minimum absolute atomic E-state index is 0.0913. The fraction of sp³-hybridized carbons (Fsp3) is 0.188. The first kappa shape index (κ1) is 11.0. The first-order valence-electron chi connectivity index (χ1n) is 6.14. The Morgan fingerprint density at radius 2 is 1.72 bits per heavy atom. The molecular formula is C16H14O2. The van der Waals surface area contributed by atoms with Gasteiger partial charge in [0.05, 0.1) is 6.42 Å². The molecule has 3 rings (SSSR count). The quantitative estimate of drug-likeness (QED) is 0.869. The molecule has 1 aliphatic carbocycles. The highest BCUT2D eigenvalue weighted by atomic mass is 16.4. The Morgan fingerprint density at radius 3 is 2.50 bits per heavy atom.